The summed E-state index contributed by atoms with van der Waals surface area (Å²) in [5.74, 6) is 1.29. The summed E-state index contributed by atoms with van der Waals surface area (Å²) in [6.07, 6.45) is 0. The van der Waals surface area contributed by atoms with Gasteiger partial charge in [0.1, 0.15) is 17.3 Å². The zero-order valence-electron chi connectivity index (χ0n) is 9.76. The molecule has 0 saturated carbocycles. The number of nitrogen functional groups attached to an aromatic ring is 1. The molecule has 0 radical (unpaired) electrons. The highest BCUT2D eigenvalue weighted by atomic mass is 16.5. The number of hydrogen-bond donors (Lipinski definition) is 3. The van der Waals surface area contributed by atoms with E-state index in [1.165, 1.54) is 0 Å². The van der Waals surface area contributed by atoms with E-state index >= 15 is 0 Å². The third kappa shape index (κ3) is 2.67. The molecule has 0 unspecified atom stereocenters. The van der Waals surface area contributed by atoms with Crippen LogP contribution in [0.2, 0.25) is 0 Å². The number of benzene rings is 2. The standard InChI is InChI=1S/C14H14N2O2/c15-14(16)10-5-7-12(8-6-10)18-13-4-2-1-3-11(13)9-17/h1-8,17H,9H2,(H3,15,16). The second-order valence-corrected chi connectivity index (χ2v) is 3.81. The Morgan fingerprint density at radius 1 is 1.11 bits per heavy atom. The zero-order chi connectivity index (χ0) is 13.0. The molecule has 0 spiro atoms. The monoisotopic (exact) mass is 242 g/mol. The van der Waals surface area contributed by atoms with Crippen molar-refractivity contribution in [1.82, 2.24) is 0 Å². The van der Waals surface area contributed by atoms with Gasteiger partial charge in [-0.2, -0.15) is 0 Å². The SMILES string of the molecule is N=C(N)c1ccc(Oc2ccccc2CO)cc1. The molecule has 0 aromatic heterocycles. The van der Waals surface area contributed by atoms with Crippen molar-refractivity contribution in [3.05, 3.63) is 59.7 Å². The molecule has 4 nitrogen and oxygen atoms in total. The normalized spacial score (nSPS) is 10.1. The highest BCUT2D eigenvalue weighted by Gasteiger charge is 2.03. The van der Waals surface area contributed by atoms with Gasteiger partial charge < -0.3 is 15.6 Å². The quantitative estimate of drug-likeness (QED) is 0.568. The molecule has 0 heterocycles. The van der Waals surface area contributed by atoms with Gasteiger partial charge in [0.05, 0.1) is 6.61 Å². The van der Waals surface area contributed by atoms with E-state index in [1.54, 1.807) is 36.4 Å². The number of nitrogens with one attached hydrogen (secondary N) is 1. The Bertz CT molecular complexity index is 550. The molecule has 2 aromatic rings. The van der Waals surface area contributed by atoms with E-state index in [4.69, 9.17) is 15.9 Å². The molecule has 4 N–H and O–H groups in total. The number of nitrogens with two attached hydrogens (primary N) is 1. The second kappa shape index (κ2) is 5.33. The van der Waals surface area contributed by atoms with E-state index in [-0.39, 0.29) is 12.4 Å². The maximum atomic E-state index is 9.19. The van der Waals surface area contributed by atoms with Gasteiger partial charge in [-0.25, -0.2) is 0 Å². The van der Waals surface area contributed by atoms with Crippen LogP contribution in [0.15, 0.2) is 48.5 Å². The lowest BCUT2D eigenvalue weighted by Gasteiger charge is -2.09. The Morgan fingerprint density at radius 3 is 2.39 bits per heavy atom. The molecule has 4 heteroatoms. The summed E-state index contributed by atoms with van der Waals surface area (Å²) in [5, 5.41) is 16.5. The number of aliphatic hydroxyl groups excluding tert-OH is 1. The highest BCUT2D eigenvalue weighted by Crippen LogP contribution is 2.25. The first kappa shape index (κ1) is 12.1. The molecule has 18 heavy (non-hydrogen) atoms. The Hall–Kier alpha value is -2.33. The molecule has 0 atom stereocenters. The van der Waals surface area contributed by atoms with Crippen LogP contribution in [0.4, 0.5) is 0 Å². The predicted molar refractivity (Wildman–Crippen MR) is 69.9 cm³/mol. The first-order chi connectivity index (χ1) is 8.70. The van der Waals surface area contributed by atoms with Crippen molar-refractivity contribution in [2.45, 2.75) is 6.61 Å². The molecule has 2 aromatic carbocycles. The van der Waals surface area contributed by atoms with Crippen molar-refractivity contribution in [2.75, 3.05) is 0 Å². The summed E-state index contributed by atoms with van der Waals surface area (Å²) in [6.45, 7) is -0.0678. The van der Waals surface area contributed by atoms with Crippen LogP contribution in [0.1, 0.15) is 11.1 Å². The Balaban J connectivity index is 2.21. The molecule has 0 bridgehead atoms. The highest BCUT2D eigenvalue weighted by molar-refractivity contribution is 5.94. The van der Waals surface area contributed by atoms with Gasteiger partial charge >= 0.3 is 0 Å². The van der Waals surface area contributed by atoms with Crippen molar-refractivity contribution in [2.24, 2.45) is 5.73 Å². The van der Waals surface area contributed by atoms with E-state index in [0.717, 1.165) is 5.56 Å². The van der Waals surface area contributed by atoms with Gasteiger partial charge in [0.25, 0.3) is 0 Å². The van der Waals surface area contributed by atoms with Crippen LogP contribution in [0, 0.1) is 5.41 Å². The molecular weight excluding hydrogens is 228 g/mol. The smallest absolute Gasteiger partial charge is 0.132 e. The lowest BCUT2D eigenvalue weighted by Crippen LogP contribution is -2.10. The van der Waals surface area contributed by atoms with Crippen LogP contribution in [0.25, 0.3) is 0 Å². The lowest BCUT2D eigenvalue weighted by molar-refractivity contribution is 0.276. The minimum absolute atomic E-state index is 0.0253. The molecule has 0 aliphatic heterocycles. The molecule has 0 fully saturated rings. The fourth-order valence-corrected chi connectivity index (χ4v) is 1.56. The zero-order valence-corrected chi connectivity index (χ0v) is 9.76. The third-order valence-corrected chi connectivity index (χ3v) is 2.54. The average Bonchev–Trinajstić information content (AvgIpc) is 2.40. The minimum Gasteiger partial charge on any atom is -0.457 e. The van der Waals surface area contributed by atoms with Crippen LogP contribution >= 0.6 is 0 Å². The predicted octanol–water partition coefficient (Wildman–Crippen LogP) is 2.26. The van der Waals surface area contributed by atoms with Gasteiger partial charge in [-0.05, 0) is 30.3 Å². The maximum absolute atomic E-state index is 9.19. The number of para-hydroxylation sites is 1. The summed E-state index contributed by atoms with van der Waals surface area (Å²) in [7, 11) is 0. The molecule has 0 aliphatic carbocycles. The van der Waals surface area contributed by atoms with E-state index in [9.17, 15) is 5.11 Å². The van der Waals surface area contributed by atoms with Crippen molar-refractivity contribution in [3.63, 3.8) is 0 Å². The average molecular weight is 242 g/mol. The fraction of sp³-hybridized carbons (Fsp3) is 0.0714. The summed E-state index contributed by atoms with van der Waals surface area (Å²) in [6, 6.07) is 14.2. The van der Waals surface area contributed by atoms with Crippen LogP contribution in [0.5, 0.6) is 11.5 Å². The van der Waals surface area contributed by atoms with E-state index < -0.39 is 0 Å². The molecule has 0 aliphatic rings. The number of ether oxygens (including phenoxy) is 1. The largest absolute Gasteiger partial charge is 0.457 e. The van der Waals surface area contributed by atoms with Gasteiger partial charge in [0.15, 0.2) is 0 Å². The van der Waals surface area contributed by atoms with Crippen LogP contribution in [-0.2, 0) is 6.61 Å². The number of aliphatic hydroxyl groups is 1. The van der Waals surface area contributed by atoms with Gasteiger partial charge in [0.2, 0.25) is 0 Å². The molecule has 0 amide bonds. The van der Waals surface area contributed by atoms with Gasteiger partial charge in [-0.15, -0.1) is 0 Å². The summed E-state index contributed by atoms with van der Waals surface area (Å²) in [5.41, 5.74) is 6.75. The number of amidine groups is 1. The Labute approximate surface area is 105 Å². The second-order valence-electron chi connectivity index (χ2n) is 3.81. The van der Waals surface area contributed by atoms with E-state index in [1.807, 2.05) is 12.1 Å². The van der Waals surface area contributed by atoms with Crippen molar-refractivity contribution < 1.29 is 9.84 Å². The van der Waals surface area contributed by atoms with Gasteiger partial charge in [0, 0.05) is 11.1 Å². The molecule has 92 valence electrons. The summed E-state index contributed by atoms with van der Waals surface area (Å²) in [4.78, 5) is 0. The lowest BCUT2D eigenvalue weighted by atomic mass is 10.2. The van der Waals surface area contributed by atoms with Crippen LogP contribution < -0.4 is 10.5 Å². The van der Waals surface area contributed by atoms with Gasteiger partial charge in [-0.3, -0.25) is 5.41 Å². The number of rotatable bonds is 4. The molecule has 2 rings (SSSR count). The maximum Gasteiger partial charge on any atom is 0.132 e. The van der Waals surface area contributed by atoms with Crippen LogP contribution in [0.3, 0.4) is 0 Å². The minimum atomic E-state index is -0.0678. The molecule has 0 saturated heterocycles. The van der Waals surface area contributed by atoms with E-state index in [2.05, 4.69) is 0 Å². The van der Waals surface area contributed by atoms with Gasteiger partial charge in [-0.1, -0.05) is 18.2 Å². The summed E-state index contributed by atoms with van der Waals surface area (Å²) < 4.78 is 5.66. The number of hydrogen-bond acceptors (Lipinski definition) is 3. The topological polar surface area (TPSA) is 79.3 Å². The Morgan fingerprint density at radius 2 is 1.78 bits per heavy atom. The Kier molecular flexibility index (Phi) is 3.60. The van der Waals surface area contributed by atoms with Crippen molar-refractivity contribution in [3.8, 4) is 11.5 Å². The first-order valence-corrected chi connectivity index (χ1v) is 5.52. The summed E-state index contributed by atoms with van der Waals surface area (Å²) >= 11 is 0. The van der Waals surface area contributed by atoms with Crippen molar-refractivity contribution >= 4 is 5.84 Å². The first-order valence-electron chi connectivity index (χ1n) is 5.52. The molecular formula is C14H14N2O2. The fourth-order valence-electron chi connectivity index (χ4n) is 1.56. The third-order valence-electron chi connectivity index (χ3n) is 2.54. The van der Waals surface area contributed by atoms with Crippen LogP contribution in [-0.4, -0.2) is 10.9 Å². The van der Waals surface area contributed by atoms with Crippen molar-refractivity contribution in [1.29, 1.82) is 5.41 Å². The van der Waals surface area contributed by atoms with E-state index in [0.29, 0.717) is 17.1 Å².